The molecule has 34 heavy (non-hydrogen) atoms. The second-order valence-electron chi connectivity index (χ2n) is 8.92. The topological polar surface area (TPSA) is 162 Å². The highest BCUT2D eigenvalue weighted by Gasteiger charge is 2.39. The van der Waals surface area contributed by atoms with E-state index in [4.69, 9.17) is 5.73 Å². The normalized spacial score (nSPS) is 20.0. The maximum atomic E-state index is 13.2. The molecule has 6 unspecified atom stereocenters. The Bertz CT molecular complexity index is 862. The van der Waals surface area contributed by atoms with Crippen molar-refractivity contribution in [3.05, 3.63) is 35.9 Å². The molecule has 0 spiro atoms. The highest BCUT2D eigenvalue weighted by atomic mass is 16.4. The number of nitrogens with two attached hydrogens (primary N) is 1. The molecule has 1 aliphatic rings. The standard InChI is InChI=1S/C24H36N4O6/c1-4-14(2)19(25)23(32)28-12-8-11-18(28)22(31)26-17(13-16-9-6-5-7-10-16)21(30)27-20(15(3)29)24(33)34/h5-7,9-10,14-15,17-20,29H,4,8,11-13,25H2,1-3H3,(H,26,31)(H,27,30)(H,33,34). The van der Waals surface area contributed by atoms with Crippen molar-refractivity contribution in [1.82, 2.24) is 15.5 Å². The van der Waals surface area contributed by atoms with Gasteiger partial charge in [0.25, 0.3) is 0 Å². The molecule has 1 aromatic rings. The summed E-state index contributed by atoms with van der Waals surface area (Å²) in [4.78, 5) is 52.0. The molecule has 0 aromatic heterocycles. The fourth-order valence-corrected chi connectivity index (χ4v) is 3.96. The predicted molar refractivity (Wildman–Crippen MR) is 125 cm³/mol. The Balaban J connectivity index is 2.20. The lowest BCUT2D eigenvalue weighted by atomic mass is 9.98. The van der Waals surface area contributed by atoms with Crippen molar-refractivity contribution >= 4 is 23.7 Å². The van der Waals surface area contributed by atoms with Gasteiger partial charge in [0, 0.05) is 13.0 Å². The van der Waals surface area contributed by atoms with Crippen LogP contribution in [0.4, 0.5) is 0 Å². The molecule has 10 nitrogen and oxygen atoms in total. The number of amides is 3. The average molecular weight is 477 g/mol. The number of carbonyl (C=O) groups excluding carboxylic acids is 3. The molecule has 188 valence electrons. The Morgan fingerprint density at radius 3 is 2.35 bits per heavy atom. The fraction of sp³-hybridized carbons (Fsp3) is 0.583. The number of hydrogen-bond acceptors (Lipinski definition) is 6. The minimum atomic E-state index is -1.53. The van der Waals surface area contributed by atoms with Crippen LogP contribution in [-0.2, 0) is 25.6 Å². The predicted octanol–water partition coefficient (Wildman–Crippen LogP) is 0.0285. The zero-order valence-electron chi connectivity index (χ0n) is 19.9. The van der Waals surface area contributed by atoms with E-state index in [1.165, 1.54) is 11.8 Å². The average Bonchev–Trinajstić information content (AvgIpc) is 3.30. The molecular weight excluding hydrogens is 440 g/mol. The van der Waals surface area contributed by atoms with E-state index in [2.05, 4.69) is 10.6 Å². The van der Waals surface area contributed by atoms with Crippen LogP contribution >= 0.6 is 0 Å². The maximum Gasteiger partial charge on any atom is 0.328 e. The first-order valence-corrected chi connectivity index (χ1v) is 11.7. The summed E-state index contributed by atoms with van der Waals surface area (Å²) in [5, 5.41) is 24.0. The van der Waals surface area contributed by atoms with Crippen molar-refractivity contribution in [3.63, 3.8) is 0 Å². The van der Waals surface area contributed by atoms with Gasteiger partial charge in [0.1, 0.15) is 12.1 Å². The Morgan fingerprint density at radius 1 is 1.15 bits per heavy atom. The van der Waals surface area contributed by atoms with Gasteiger partial charge in [0.2, 0.25) is 17.7 Å². The second kappa shape index (κ2) is 12.5. The van der Waals surface area contributed by atoms with Crippen molar-refractivity contribution in [1.29, 1.82) is 0 Å². The monoisotopic (exact) mass is 476 g/mol. The van der Waals surface area contributed by atoms with Gasteiger partial charge in [0.15, 0.2) is 6.04 Å². The second-order valence-corrected chi connectivity index (χ2v) is 8.92. The van der Waals surface area contributed by atoms with Crippen LogP contribution in [0.3, 0.4) is 0 Å². The number of nitrogens with one attached hydrogen (secondary N) is 2. The number of nitrogens with zero attached hydrogens (tertiary/aromatic N) is 1. The number of aliphatic hydroxyl groups is 1. The molecule has 0 bridgehead atoms. The number of aliphatic hydroxyl groups excluding tert-OH is 1. The van der Waals surface area contributed by atoms with Crippen LogP contribution in [0.1, 0.15) is 45.6 Å². The molecule has 0 saturated carbocycles. The van der Waals surface area contributed by atoms with Crippen LogP contribution in [0.15, 0.2) is 30.3 Å². The third-order valence-corrected chi connectivity index (χ3v) is 6.34. The summed E-state index contributed by atoms with van der Waals surface area (Å²) in [7, 11) is 0. The molecule has 3 amide bonds. The summed E-state index contributed by atoms with van der Waals surface area (Å²) in [6, 6.07) is 4.85. The van der Waals surface area contributed by atoms with E-state index in [9.17, 15) is 29.4 Å². The van der Waals surface area contributed by atoms with E-state index < -0.39 is 48.1 Å². The van der Waals surface area contributed by atoms with Gasteiger partial charge in [-0.1, -0.05) is 50.6 Å². The smallest absolute Gasteiger partial charge is 0.328 e. The number of likely N-dealkylation sites (tertiary alicyclic amines) is 1. The molecular formula is C24H36N4O6. The number of aliphatic carboxylic acids is 1. The van der Waals surface area contributed by atoms with Crippen LogP contribution in [0.5, 0.6) is 0 Å². The first-order chi connectivity index (χ1) is 16.1. The van der Waals surface area contributed by atoms with E-state index >= 15 is 0 Å². The Morgan fingerprint density at radius 2 is 1.79 bits per heavy atom. The third kappa shape index (κ3) is 7.01. The quantitative estimate of drug-likeness (QED) is 0.301. The van der Waals surface area contributed by atoms with E-state index in [0.717, 1.165) is 12.0 Å². The van der Waals surface area contributed by atoms with E-state index in [0.29, 0.717) is 19.4 Å². The van der Waals surface area contributed by atoms with E-state index in [1.54, 1.807) is 24.3 Å². The van der Waals surface area contributed by atoms with Gasteiger partial charge in [-0.2, -0.15) is 0 Å². The van der Waals surface area contributed by atoms with Crippen LogP contribution in [0, 0.1) is 5.92 Å². The lowest BCUT2D eigenvalue weighted by Crippen LogP contribution is -2.58. The molecule has 10 heteroatoms. The molecule has 1 aromatic carbocycles. The van der Waals surface area contributed by atoms with Gasteiger partial charge in [-0.3, -0.25) is 14.4 Å². The summed E-state index contributed by atoms with van der Waals surface area (Å²) >= 11 is 0. The molecule has 6 N–H and O–H groups in total. The molecule has 6 atom stereocenters. The molecule has 1 saturated heterocycles. The van der Waals surface area contributed by atoms with Gasteiger partial charge in [-0.25, -0.2) is 4.79 Å². The summed E-state index contributed by atoms with van der Waals surface area (Å²) in [5.74, 6) is -2.96. The van der Waals surface area contributed by atoms with Crippen molar-refractivity contribution in [2.45, 2.75) is 76.7 Å². The van der Waals surface area contributed by atoms with Crippen LogP contribution < -0.4 is 16.4 Å². The molecule has 1 fully saturated rings. The Kier molecular flexibility index (Phi) is 10.0. The van der Waals surface area contributed by atoms with Crippen LogP contribution in [0.25, 0.3) is 0 Å². The van der Waals surface area contributed by atoms with Crippen molar-refractivity contribution < 1.29 is 29.4 Å². The van der Waals surface area contributed by atoms with E-state index in [1.807, 2.05) is 19.9 Å². The highest BCUT2D eigenvalue weighted by molar-refractivity contribution is 5.94. The summed E-state index contributed by atoms with van der Waals surface area (Å²) in [6.07, 6.45) is 0.577. The fourth-order valence-electron chi connectivity index (χ4n) is 3.96. The summed E-state index contributed by atoms with van der Waals surface area (Å²) in [5.41, 5.74) is 6.86. The van der Waals surface area contributed by atoms with Crippen molar-refractivity contribution in [2.24, 2.45) is 11.7 Å². The number of carboxylic acid groups (broad SMARTS) is 1. The zero-order valence-corrected chi connectivity index (χ0v) is 19.9. The Hall–Kier alpha value is -2.98. The summed E-state index contributed by atoms with van der Waals surface area (Å²) < 4.78 is 0. The van der Waals surface area contributed by atoms with Crippen molar-refractivity contribution in [3.8, 4) is 0 Å². The highest BCUT2D eigenvalue weighted by Crippen LogP contribution is 2.21. The zero-order chi connectivity index (χ0) is 25.4. The molecule has 1 heterocycles. The largest absolute Gasteiger partial charge is 0.480 e. The lowest BCUT2D eigenvalue weighted by Gasteiger charge is -2.30. The number of carboxylic acids is 1. The number of carbonyl (C=O) groups is 4. The summed E-state index contributed by atoms with van der Waals surface area (Å²) in [6.45, 7) is 5.48. The van der Waals surface area contributed by atoms with Crippen molar-refractivity contribution in [2.75, 3.05) is 6.54 Å². The first-order valence-electron chi connectivity index (χ1n) is 11.7. The van der Waals surface area contributed by atoms with Gasteiger partial charge in [0.05, 0.1) is 12.1 Å². The van der Waals surface area contributed by atoms with Gasteiger partial charge in [-0.05, 0) is 31.2 Å². The molecule has 2 rings (SSSR count). The Labute approximate surface area is 199 Å². The SMILES string of the molecule is CCC(C)C(N)C(=O)N1CCCC1C(=O)NC(Cc1ccccc1)C(=O)NC(C(=O)O)C(C)O. The minimum Gasteiger partial charge on any atom is -0.480 e. The molecule has 0 aliphatic carbocycles. The first kappa shape index (κ1) is 27.3. The number of hydrogen-bond donors (Lipinski definition) is 5. The minimum absolute atomic E-state index is 0.0400. The number of benzene rings is 1. The van der Waals surface area contributed by atoms with Gasteiger partial charge in [-0.15, -0.1) is 0 Å². The lowest BCUT2D eigenvalue weighted by molar-refractivity contribution is -0.145. The van der Waals surface area contributed by atoms with E-state index in [-0.39, 0.29) is 18.2 Å². The van der Waals surface area contributed by atoms with Crippen LogP contribution in [-0.4, -0.2) is 75.6 Å². The molecule has 1 aliphatic heterocycles. The third-order valence-electron chi connectivity index (χ3n) is 6.34. The van der Waals surface area contributed by atoms with Crippen LogP contribution in [0.2, 0.25) is 0 Å². The molecule has 0 radical (unpaired) electrons. The number of rotatable bonds is 11. The van der Waals surface area contributed by atoms with Gasteiger partial charge < -0.3 is 31.5 Å². The van der Waals surface area contributed by atoms with Gasteiger partial charge >= 0.3 is 5.97 Å². The maximum absolute atomic E-state index is 13.2.